The molecule has 0 spiro atoms. The van der Waals surface area contributed by atoms with Crippen molar-refractivity contribution in [1.29, 1.82) is 0 Å². The van der Waals surface area contributed by atoms with Crippen LogP contribution in [0, 0.1) is 0 Å². The molecule has 3 rings (SSSR count). The summed E-state index contributed by atoms with van der Waals surface area (Å²) in [7, 11) is 0. The predicted molar refractivity (Wildman–Crippen MR) is 112 cm³/mol. The lowest BCUT2D eigenvalue weighted by molar-refractivity contribution is -0.122. The molecule has 0 saturated heterocycles. The Kier molecular flexibility index (Phi) is 6.57. The molecule has 2 aromatic carbocycles. The largest absolute Gasteiger partial charge is 0.351 e. The van der Waals surface area contributed by atoms with Gasteiger partial charge in [0.15, 0.2) is 0 Å². The topological polar surface area (TPSA) is 84.2 Å². The molecule has 0 aliphatic heterocycles. The van der Waals surface area contributed by atoms with Gasteiger partial charge in [-0.3, -0.25) is 15.4 Å². The van der Waals surface area contributed by atoms with Crippen LogP contribution < -0.4 is 16.4 Å². The molecule has 0 radical (unpaired) electrons. The minimum absolute atomic E-state index is 0.199. The van der Waals surface area contributed by atoms with Gasteiger partial charge in [-0.05, 0) is 34.6 Å². The van der Waals surface area contributed by atoms with Gasteiger partial charge in [0.1, 0.15) is 6.04 Å². The molecule has 1 aromatic heterocycles. The summed E-state index contributed by atoms with van der Waals surface area (Å²) >= 11 is 1.61. The molecular formula is C22H23N3O2S. The van der Waals surface area contributed by atoms with Crippen molar-refractivity contribution in [3.8, 4) is 0 Å². The van der Waals surface area contributed by atoms with Crippen molar-refractivity contribution in [2.45, 2.75) is 25.4 Å². The number of imide groups is 1. The fourth-order valence-electron chi connectivity index (χ4n) is 3.07. The van der Waals surface area contributed by atoms with Crippen LogP contribution in [0.5, 0.6) is 0 Å². The molecule has 1 heterocycles. The van der Waals surface area contributed by atoms with E-state index in [2.05, 4.69) is 41.8 Å². The average Bonchev–Trinajstić information content (AvgIpc) is 3.23. The van der Waals surface area contributed by atoms with Crippen LogP contribution in [-0.2, 0) is 11.2 Å². The van der Waals surface area contributed by atoms with Crippen LogP contribution in [-0.4, -0.2) is 11.9 Å². The second kappa shape index (κ2) is 9.30. The molecule has 4 N–H and O–H groups in total. The molecule has 0 aliphatic rings. The van der Waals surface area contributed by atoms with Crippen molar-refractivity contribution in [1.82, 2.24) is 10.6 Å². The molecule has 144 valence electrons. The maximum atomic E-state index is 12.7. The van der Waals surface area contributed by atoms with Gasteiger partial charge in [0.25, 0.3) is 0 Å². The number of carbonyl (C=O) groups excluding carboxylic acids is 2. The molecule has 28 heavy (non-hydrogen) atoms. The zero-order chi connectivity index (χ0) is 19.9. The predicted octanol–water partition coefficient (Wildman–Crippen LogP) is 3.93. The van der Waals surface area contributed by atoms with Crippen molar-refractivity contribution in [3.05, 3.63) is 93.7 Å². The van der Waals surface area contributed by atoms with Gasteiger partial charge < -0.3 is 5.73 Å². The van der Waals surface area contributed by atoms with Gasteiger partial charge in [0.05, 0.1) is 6.04 Å². The van der Waals surface area contributed by atoms with Crippen LogP contribution in [0.15, 0.2) is 72.1 Å². The van der Waals surface area contributed by atoms with Crippen molar-refractivity contribution in [3.63, 3.8) is 0 Å². The molecule has 0 fully saturated rings. The maximum Gasteiger partial charge on any atom is 0.318 e. The summed E-state index contributed by atoms with van der Waals surface area (Å²) in [4.78, 5) is 25.1. The smallest absolute Gasteiger partial charge is 0.318 e. The number of thiophene rings is 1. The van der Waals surface area contributed by atoms with Crippen molar-refractivity contribution in [2.75, 3.05) is 0 Å². The normalized spacial score (nSPS) is 12.9. The molecule has 6 heteroatoms. The highest BCUT2D eigenvalue weighted by molar-refractivity contribution is 7.10. The second-order valence-corrected chi connectivity index (χ2v) is 7.39. The quantitative estimate of drug-likeness (QED) is 0.569. The summed E-state index contributed by atoms with van der Waals surface area (Å²) in [6.45, 7) is 2.11. The van der Waals surface area contributed by atoms with Crippen molar-refractivity contribution < 1.29 is 9.59 Å². The maximum absolute atomic E-state index is 12.7. The zero-order valence-electron chi connectivity index (χ0n) is 15.6. The van der Waals surface area contributed by atoms with Crippen molar-refractivity contribution in [2.24, 2.45) is 5.73 Å². The van der Waals surface area contributed by atoms with Gasteiger partial charge in [0, 0.05) is 4.88 Å². The number of nitrogens with one attached hydrogen (secondary N) is 2. The number of hydrogen-bond donors (Lipinski definition) is 3. The highest BCUT2D eigenvalue weighted by Gasteiger charge is 2.27. The van der Waals surface area contributed by atoms with E-state index < -0.39 is 18.0 Å². The number of carbonyl (C=O) groups is 2. The first-order chi connectivity index (χ1) is 13.6. The average molecular weight is 394 g/mol. The third-order valence-corrected chi connectivity index (χ3v) is 5.46. The number of urea groups is 1. The van der Waals surface area contributed by atoms with E-state index in [0.29, 0.717) is 0 Å². The lowest BCUT2D eigenvalue weighted by Crippen LogP contribution is -2.44. The first kappa shape index (κ1) is 19.8. The first-order valence-electron chi connectivity index (χ1n) is 9.12. The lowest BCUT2D eigenvalue weighted by atomic mass is 9.99. The Morgan fingerprint density at radius 1 is 0.964 bits per heavy atom. The minimum atomic E-state index is -0.868. The summed E-state index contributed by atoms with van der Waals surface area (Å²) in [5.74, 6) is -0.481. The molecule has 0 saturated carbocycles. The summed E-state index contributed by atoms with van der Waals surface area (Å²) in [5.41, 5.74) is 8.24. The fourth-order valence-corrected chi connectivity index (χ4v) is 3.88. The minimum Gasteiger partial charge on any atom is -0.351 e. The number of amides is 3. The van der Waals surface area contributed by atoms with Gasteiger partial charge in [0.2, 0.25) is 5.91 Å². The van der Waals surface area contributed by atoms with Gasteiger partial charge in [-0.25, -0.2) is 4.79 Å². The lowest BCUT2D eigenvalue weighted by Gasteiger charge is -2.25. The van der Waals surface area contributed by atoms with Gasteiger partial charge in [-0.1, -0.05) is 67.6 Å². The van der Waals surface area contributed by atoms with E-state index in [-0.39, 0.29) is 6.04 Å². The van der Waals surface area contributed by atoms with Gasteiger partial charge in [-0.15, -0.1) is 11.3 Å². The van der Waals surface area contributed by atoms with Crippen LogP contribution in [0.25, 0.3) is 0 Å². The number of benzene rings is 2. The molecular weight excluding hydrogens is 370 g/mol. The van der Waals surface area contributed by atoms with E-state index in [1.807, 2.05) is 47.8 Å². The van der Waals surface area contributed by atoms with Crippen LogP contribution in [0.1, 0.15) is 40.6 Å². The monoisotopic (exact) mass is 393 g/mol. The molecule has 5 nitrogen and oxygen atoms in total. The van der Waals surface area contributed by atoms with Gasteiger partial charge in [-0.2, -0.15) is 0 Å². The number of hydrogen-bond acceptors (Lipinski definition) is 4. The van der Waals surface area contributed by atoms with E-state index in [0.717, 1.165) is 22.4 Å². The Hall–Kier alpha value is -2.96. The van der Waals surface area contributed by atoms with E-state index >= 15 is 0 Å². The molecule has 3 amide bonds. The van der Waals surface area contributed by atoms with E-state index in [1.54, 1.807) is 11.3 Å². The summed E-state index contributed by atoms with van der Waals surface area (Å²) < 4.78 is 0. The number of aryl methyl sites for hydroxylation is 1. The van der Waals surface area contributed by atoms with Crippen LogP contribution in [0.3, 0.4) is 0 Å². The SMILES string of the molecule is CCc1ccc([C@@H](N[C@@H](C(=O)NC(N)=O)c2ccccc2)c2cccs2)cc1. The Balaban J connectivity index is 1.97. The number of primary amides is 1. The standard InChI is InChI=1S/C22H23N3O2S/c1-2-15-10-12-17(13-11-15)19(18-9-6-14-28-18)24-20(21(26)25-22(23)27)16-7-4-3-5-8-16/h3-14,19-20,24H,2H2,1H3,(H3,23,25,26,27)/t19-,20-/m1/s1. The van der Waals surface area contributed by atoms with E-state index in [4.69, 9.17) is 5.73 Å². The highest BCUT2D eigenvalue weighted by atomic mass is 32.1. The molecule has 0 unspecified atom stereocenters. The van der Waals surface area contributed by atoms with Crippen LogP contribution >= 0.6 is 11.3 Å². The molecule has 0 aliphatic carbocycles. The molecule has 3 aromatic rings. The Bertz CT molecular complexity index is 909. The van der Waals surface area contributed by atoms with E-state index in [9.17, 15) is 9.59 Å². The van der Waals surface area contributed by atoms with Crippen LogP contribution in [0.2, 0.25) is 0 Å². The Labute approximate surface area is 168 Å². The Morgan fingerprint density at radius 2 is 1.68 bits per heavy atom. The summed E-state index contributed by atoms with van der Waals surface area (Å²) in [6.07, 6.45) is 0.963. The fraction of sp³-hybridized carbons (Fsp3) is 0.182. The first-order valence-corrected chi connectivity index (χ1v) is 10.00. The number of rotatable bonds is 7. The summed E-state index contributed by atoms with van der Waals surface area (Å²) in [5, 5.41) is 7.63. The molecule has 0 bridgehead atoms. The Morgan fingerprint density at radius 3 is 2.25 bits per heavy atom. The van der Waals surface area contributed by atoms with Gasteiger partial charge >= 0.3 is 6.03 Å². The third-order valence-electron chi connectivity index (χ3n) is 4.52. The summed E-state index contributed by atoms with van der Waals surface area (Å²) in [6, 6.07) is 19.9. The number of nitrogens with two attached hydrogens (primary N) is 1. The zero-order valence-corrected chi connectivity index (χ0v) is 16.4. The van der Waals surface area contributed by atoms with E-state index in [1.165, 1.54) is 5.56 Å². The van der Waals surface area contributed by atoms with Crippen molar-refractivity contribution >= 4 is 23.3 Å². The second-order valence-electron chi connectivity index (χ2n) is 6.41. The highest BCUT2D eigenvalue weighted by Crippen LogP contribution is 2.29. The third kappa shape index (κ3) is 4.85. The van der Waals surface area contributed by atoms with Crippen LogP contribution in [0.4, 0.5) is 4.79 Å². The molecule has 2 atom stereocenters.